The van der Waals surface area contributed by atoms with Crippen molar-refractivity contribution < 1.29 is 40.3 Å². The highest BCUT2D eigenvalue weighted by Gasteiger charge is 2.59. The van der Waals surface area contributed by atoms with Gasteiger partial charge < -0.3 is 5.73 Å². The summed E-state index contributed by atoms with van der Waals surface area (Å²) in [5.74, 6) is -6.50. The number of guanidine groups is 1. The third-order valence-electron chi connectivity index (χ3n) is 9.50. The molecule has 2 N–H and O–H groups in total. The average molecular weight is 782 g/mol. The first-order valence-corrected chi connectivity index (χ1v) is 17.2. The molecule has 1 fully saturated rings. The van der Waals surface area contributed by atoms with Crippen LogP contribution in [0, 0.1) is 5.41 Å². The zero-order valence-electron chi connectivity index (χ0n) is 29.2. The van der Waals surface area contributed by atoms with Crippen LogP contribution >= 0.6 is 11.6 Å². The Bertz CT molecular complexity index is 2070. The van der Waals surface area contributed by atoms with Crippen molar-refractivity contribution in [2.75, 3.05) is 0 Å². The fraction of sp³-hybridized carbons (Fsp3) is 0.457. The fourth-order valence-corrected chi connectivity index (χ4v) is 6.71. The number of carbonyl (C=O) groups is 2. The summed E-state index contributed by atoms with van der Waals surface area (Å²) in [6.45, 7) is 2.41. The molecule has 3 heterocycles. The summed E-state index contributed by atoms with van der Waals surface area (Å²) >= 11 is 6.39. The van der Waals surface area contributed by atoms with Gasteiger partial charge in [0.25, 0.3) is 18.3 Å². The Morgan fingerprint density at radius 3 is 2.33 bits per heavy atom. The molecule has 288 valence electrons. The number of rotatable bonds is 14. The Morgan fingerprint density at radius 1 is 1.04 bits per heavy atom. The van der Waals surface area contributed by atoms with Crippen molar-refractivity contribution in [1.82, 2.24) is 34.7 Å². The maximum Gasteiger partial charge on any atom is 0.394 e. The third kappa shape index (κ3) is 7.70. The van der Waals surface area contributed by atoms with Crippen LogP contribution in [0.15, 0.2) is 60.0 Å². The molecule has 11 nitrogen and oxygen atoms in total. The predicted molar refractivity (Wildman–Crippen MR) is 182 cm³/mol. The summed E-state index contributed by atoms with van der Waals surface area (Å²) < 4.78 is 99.6. The molecule has 2 aliphatic rings. The van der Waals surface area contributed by atoms with Crippen LogP contribution in [0.3, 0.4) is 0 Å². The van der Waals surface area contributed by atoms with E-state index in [1.807, 2.05) is 0 Å². The largest absolute Gasteiger partial charge is 0.394 e. The van der Waals surface area contributed by atoms with Crippen LogP contribution < -0.4 is 5.73 Å². The summed E-state index contributed by atoms with van der Waals surface area (Å²) in [5.41, 5.74) is 2.83. The highest BCUT2D eigenvalue weighted by atomic mass is 35.5. The lowest BCUT2D eigenvalue weighted by Gasteiger charge is -2.37. The first-order valence-electron chi connectivity index (χ1n) is 16.9. The zero-order valence-corrected chi connectivity index (χ0v) is 29.9. The first kappa shape index (κ1) is 38.8. The standard InChI is InChI=1S/C35H35ClF7N9O2/c1-32(2,35(41,42)43)17-34(21-7-4-19(5-8-21)25-16-46-52(49-25)22-9-10-22)30(54)50(31(44)48-34)26(13-11-23(53)15-33(3,39)40)20-6-12-24(36)27(14-20)51-29(28(37)38)45-18-47-51/h4-8,12,14,16,18,22,26,28H,9-11,13,15,17H2,1-3H3,(H2,44,48)/t26-,34-/m1/s1. The van der Waals surface area contributed by atoms with E-state index >= 15 is 0 Å². The van der Waals surface area contributed by atoms with Crippen molar-refractivity contribution in [2.24, 2.45) is 16.1 Å². The highest BCUT2D eigenvalue weighted by molar-refractivity contribution is 6.32. The summed E-state index contributed by atoms with van der Waals surface area (Å²) in [6, 6.07) is 8.89. The van der Waals surface area contributed by atoms with Gasteiger partial charge in [-0.3, -0.25) is 14.5 Å². The van der Waals surface area contributed by atoms with Crippen LogP contribution in [-0.4, -0.2) is 64.4 Å². The topological polar surface area (TPSA) is 137 Å². The number of nitrogens with zero attached hydrogens (tertiary/aromatic N) is 8. The van der Waals surface area contributed by atoms with E-state index in [2.05, 4.69) is 25.3 Å². The van der Waals surface area contributed by atoms with Gasteiger partial charge in [0, 0.05) is 12.0 Å². The van der Waals surface area contributed by atoms with E-state index in [0.717, 1.165) is 42.6 Å². The minimum Gasteiger partial charge on any atom is -0.369 e. The summed E-state index contributed by atoms with van der Waals surface area (Å²) in [5, 5.41) is 12.5. The van der Waals surface area contributed by atoms with Gasteiger partial charge in [-0.25, -0.2) is 32.2 Å². The number of hydrogen-bond acceptors (Lipinski definition) is 8. The normalized spacial score (nSPS) is 18.8. The van der Waals surface area contributed by atoms with Crippen LogP contribution in [-0.2, 0) is 15.1 Å². The average Bonchev–Trinajstić information content (AvgIpc) is 3.49. The lowest BCUT2D eigenvalue weighted by Crippen LogP contribution is -2.48. The molecule has 1 aliphatic heterocycles. The van der Waals surface area contributed by atoms with E-state index in [0.29, 0.717) is 18.2 Å². The second kappa shape index (κ2) is 14.1. The van der Waals surface area contributed by atoms with Gasteiger partial charge in [-0.05, 0) is 55.9 Å². The van der Waals surface area contributed by atoms with Crippen molar-refractivity contribution >= 4 is 29.3 Å². The molecular formula is C35H35ClF7N9O2. The van der Waals surface area contributed by atoms with Crippen molar-refractivity contribution in [3.8, 4) is 16.9 Å². The van der Waals surface area contributed by atoms with Crippen molar-refractivity contribution in [3.05, 3.63) is 77.0 Å². The lowest BCUT2D eigenvalue weighted by atomic mass is 9.74. The molecule has 2 aromatic heterocycles. The van der Waals surface area contributed by atoms with Crippen LogP contribution in [0.1, 0.15) is 94.8 Å². The second-order valence-corrected chi connectivity index (χ2v) is 14.7. The van der Waals surface area contributed by atoms with Gasteiger partial charge >= 0.3 is 6.18 Å². The number of hydrogen-bond donors (Lipinski definition) is 1. The summed E-state index contributed by atoms with van der Waals surface area (Å²) in [7, 11) is 0. The predicted octanol–water partition coefficient (Wildman–Crippen LogP) is 7.92. The smallest absolute Gasteiger partial charge is 0.369 e. The molecule has 1 aliphatic carbocycles. The molecule has 0 spiro atoms. The molecule has 0 unspecified atom stereocenters. The first-order chi connectivity index (χ1) is 25.2. The summed E-state index contributed by atoms with van der Waals surface area (Å²) in [6.07, 6.45) is -6.46. The molecule has 0 radical (unpaired) electrons. The molecule has 6 rings (SSSR count). The van der Waals surface area contributed by atoms with E-state index in [9.17, 15) is 40.3 Å². The number of alkyl halides is 7. The highest BCUT2D eigenvalue weighted by Crippen LogP contribution is 2.51. The van der Waals surface area contributed by atoms with Crippen molar-refractivity contribution in [2.45, 2.75) is 95.4 Å². The van der Waals surface area contributed by atoms with E-state index in [1.165, 1.54) is 30.3 Å². The zero-order chi connectivity index (χ0) is 39.4. The van der Waals surface area contributed by atoms with Crippen LogP contribution in [0.5, 0.6) is 0 Å². The van der Waals surface area contributed by atoms with Crippen molar-refractivity contribution in [3.63, 3.8) is 0 Å². The number of Topliss-reactive ketones (excluding diaryl/α,β-unsaturated/α-hetero) is 1. The summed E-state index contributed by atoms with van der Waals surface area (Å²) in [4.78, 5) is 38.1. The van der Waals surface area contributed by atoms with Gasteiger partial charge in [-0.15, -0.1) is 0 Å². The Morgan fingerprint density at radius 2 is 1.72 bits per heavy atom. The Balaban J connectivity index is 1.44. The van der Waals surface area contributed by atoms with Crippen LogP contribution in [0.4, 0.5) is 30.7 Å². The van der Waals surface area contributed by atoms with Crippen molar-refractivity contribution in [1.29, 1.82) is 0 Å². The molecule has 2 atom stereocenters. The number of amides is 1. The molecule has 0 saturated heterocycles. The van der Waals surface area contributed by atoms with Gasteiger partial charge in [-0.2, -0.15) is 33.3 Å². The molecule has 2 aromatic carbocycles. The number of aliphatic imine (C=N–C) groups is 1. The number of carbonyl (C=O) groups excluding carboxylic acids is 2. The number of halogens is 8. The Labute approximate surface area is 309 Å². The number of aromatic nitrogens is 6. The maximum absolute atomic E-state index is 14.9. The SMILES string of the molecule is CC(F)(F)CC(=O)CC[C@H](c1ccc(Cl)c(-n2ncnc2C(F)F)c1)N1C(=O)[C@@](CC(C)(C)C(F)(F)F)(c2ccc(-c3cnn(C4CC4)n3)cc2)N=C1N. The minimum atomic E-state index is -4.80. The van der Waals surface area contributed by atoms with Gasteiger partial charge in [0.15, 0.2) is 17.3 Å². The maximum atomic E-state index is 14.9. The molecule has 0 bridgehead atoms. The van der Waals surface area contributed by atoms with Gasteiger partial charge in [-0.1, -0.05) is 55.8 Å². The van der Waals surface area contributed by atoms with Crippen LogP contribution in [0.2, 0.25) is 5.02 Å². The van der Waals surface area contributed by atoms with Gasteiger partial charge in [0.1, 0.15) is 17.8 Å². The minimum absolute atomic E-state index is 0.0649. The second-order valence-electron chi connectivity index (χ2n) is 14.3. The molecular weight excluding hydrogens is 747 g/mol. The number of benzene rings is 2. The quantitative estimate of drug-likeness (QED) is 0.128. The van der Waals surface area contributed by atoms with E-state index in [4.69, 9.17) is 17.3 Å². The van der Waals surface area contributed by atoms with Gasteiger partial charge in [0.05, 0.1) is 40.8 Å². The Hall–Kier alpha value is -4.87. The van der Waals surface area contributed by atoms with Crippen LogP contribution in [0.25, 0.3) is 16.9 Å². The lowest BCUT2D eigenvalue weighted by molar-refractivity contribution is -0.218. The number of nitrogens with two attached hydrogens (primary N) is 1. The molecule has 1 amide bonds. The van der Waals surface area contributed by atoms with E-state index in [1.54, 1.807) is 23.1 Å². The van der Waals surface area contributed by atoms with E-state index in [-0.39, 0.29) is 34.3 Å². The van der Waals surface area contributed by atoms with Gasteiger partial charge in [0.2, 0.25) is 0 Å². The third-order valence-corrected chi connectivity index (χ3v) is 9.82. The molecule has 54 heavy (non-hydrogen) atoms. The molecule has 1 saturated carbocycles. The molecule has 4 aromatic rings. The van der Waals surface area contributed by atoms with E-state index < -0.39 is 78.3 Å². The number of ketones is 1. The monoisotopic (exact) mass is 781 g/mol. The fourth-order valence-electron chi connectivity index (χ4n) is 6.51. The Kier molecular flexibility index (Phi) is 10.1. The molecule has 19 heteroatoms.